The normalized spacial score (nSPS) is 11.3. The van der Waals surface area contributed by atoms with Crippen LogP contribution in [0.5, 0.6) is 11.6 Å². The molecule has 2 aromatic carbocycles. The van der Waals surface area contributed by atoms with E-state index in [9.17, 15) is 15.0 Å². The minimum Gasteiger partial charge on any atom is -0.508 e. The first kappa shape index (κ1) is 13.9. The molecular formula is C17H14N2O3. The molecule has 0 unspecified atom stereocenters. The SMILES string of the molecule is O=c1[nH]c(O)c(C=NCc2cccc(O)c2)c2ccccc12. The average molecular weight is 294 g/mol. The number of aromatic amines is 1. The lowest BCUT2D eigenvalue weighted by atomic mass is 10.1. The molecule has 3 N–H and O–H groups in total. The van der Waals surface area contributed by atoms with E-state index in [0.717, 1.165) is 5.56 Å². The number of nitrogens with zero attached hydrogens (tertiary/aromatic N) is 1. The maximum absolute atomic E-state index is 11.8. The molecule has 22 heavy (non-hydrogen) atoms. The average Bonchev–Trinajstić information content (AvgIpc) is 2.51. The summed E-state index contributed by atoms with van der Waals surface area (Å²) in [4.78, 5) is 18.5. The van der Waals surface area contributed by atoms with Crippen molar-refractivity contribution in [2.75, 3.05) is 0 Å². The van der Waals surface area contributed by atoms with E-state index >= 15 is 0 Å². The van der Waals surface area contributed by atoms with Gasteiger partial charge in [-0.2, -0.15) is 0 Å². The number of benzene rings is 2. The molecule has 0 saturated heterocycles. The third-order valence-electron chi connectivity index (χ3n) is 3.35. The molecule has 0 bridgehead atoms. The van der Waals surface area contributed by atoms with Crippen LogP contribution < -0.4 is 5.56 Å². The summed E-state index contributed by atoms with van der Waals surface area (Å²) in [6, 6.07) is 13.8. The minimum atomic E-state index is -0.335. The van der Waals surface area contributed by atoms with Crippen molar-refractivity contribution in [3.05, 3.63) is 70.0 Å². The Hall–Kier alpha value is -3.08. The number of nitrogens with one attached hydrogen (secondary N) is 1. The van der Waals surface area contributed by atoms with Gasteiger partial charge >= 0.3 is 0 Å². The smallest absolute Gasteiger partial charge is 0.258 e. The highest BCUT2D eigenvalue weighted by molar-refractivity contribution is 6.01. The fourth-order valence-corrected chi connectivity index (χ4v) is 2.31. The Bertz CT molecular complexity index is 913. The first-order valence-electron chi connectivity index (χ1n) is 6.77. The Balaban J connectivity index is 1.97. The van der Waals surface area contributed by atoms with Gasteiger partial charge in [-0.1, -0.05) is 30.3 Å². The third-order valence-corrected chi connectivity index (χ3v) is 3.35. The molecule has 1 aromatic heterocycles. The number of pyridine rings is 1. The molecule has 0 aliphatic heterocycles. The van der Waals surface area contributed by atoms with Crippen LogP contribution in [0.25, 0.3) is 10.8 Å². The maximum Gasteiger partial charge on any atom is 0.258 e. The molecule has 0 aliphatic carbocycles. The molecule has 5 nitrogen and oxygen atoms in total. The van der Waals surface area contributed by atoms with Gasteiger partial charge in [0.1, 0.15) is 5.75 Å². The van der Waals surface area contributed by atoms with E-state index in [1.54, 1.807) is 42.5 Å². The highest BCUT2D eigenvalue weighted by Gasteiger charge is 2.08. The fraction of sp³-hybridized carbons (Fsp3) is 0.0588. The lowest BCUT2D eigenvalue weighted by Crippen LogP contribution is -2.07. The molecule has 3 aromatic rings. The second-order valence-corrected chi connectivity index (χ2v) is 4.90. The van der Waals surface area contributed by atoms with E-state index < -0.39 is 0 Å². The number of phenolic OH excluding ortho intramolecular Hbond substituents is 1. The topological polar surface area (TPSA) is 85.7 Å². The number of hydrogen-bond acceptors (Lipinski definition) is 4. The van der Waals surface area contributed by atoms with Gasteiger partial charge in [0.15, 0.2) is 0 Å². The van der Waals surface area contributed by atoms with Gasteiger partial charge in [-0.15, -0.1) is 0 Å². The Kier molecular flexibility index (Phi) is 3.62. The molecule has 5 heteroatoms. The van der Waals surface area contributed by atoms with Crippen LogP contribution in [0.1, 0.15) is 11.1 Å². The van der Waals surface area contributed by atoms with Crippen LogP contribution in [-0.4, -0.2) is 21.4 Å². The van der Waals surface area contributed by atoms with E-state index in [1.165, 1.54) is 6.21 Å². The van der Waals surface area contributed by atoms with Gasteiger partial charge in [0.2, 0.25) is 5.88 Å². The van der Waals surface area contributed by atoms with Gasteiger partial charge in [0.25, 0.3) is 5.56 Å². The van der Waals surface area contributed by atoms with Crippen LogP contribution >= 0.6 is 0 Å². The monoisotopic (exact) mass is 294 g/mol. The quantitative estimate of drug-likeness (QED) is 0.649. The van der Waals surface area contributed by atoms with Crippen molar-refractivity contribution in [1.29, 1.82) is 0 Å². The molecule has 0 saturated carbocycles. The standard InChI is InChI=1S/C17H14N2O3/c20-12-5-3-4-11(8-12)9-18-10-15-13-6-1-2-7-14(13)16(21)19-17(15)22/h1-8,10,20H,9H2,(H2,19,21,22). The summed E-state index contributed by atoms with van der Waals surface area (Å²) in [5, 5.41) is 20.5. The number of H-pyrrole nitrogens is 1. The highest BCUT2D eigenvalue weighted by atomic mass is 16.3. The van der Waals surface area contributed by atoms with E-state index in [2.05, 4.69) is 9.98 Å². The van der Waals surface area contributed by atoms with Gasteiger partial charge in [-0.05, 0) is 23.8 Å². The summed E-state index contributed by atoms with van der Waals surface area (Å²) >= 11 is 0. The summed E-state index contributed by atoms with van der Waals surface area (Å²) in [6.07, 6.45) is 1.53. The van der Waals surface area contributed by atoms with Crippen LogP contribution in [0.2, 0.25) is 0 Å². The second-order valence-electron chi connectivity index (χ2n) is 4.90. The molecule has 1 heterocycles. The fourth-order valence-electron chi connectivity index (χ4n) is 2.31. The predicted octanol–water partition coefficient (Wildman–Crippen LogP) is 2.56. The number of phenols is 1. The van der Waals surface area contributed by atoms with Gasteiger partial charge in [0.05, 0.1) is 12.1 Å². The third kappa shape index (κ3) is 2.69. The van der Waals surface area contributed by atoms with E-state index in [-0.39, 0.29) is 17.2 Å². The number of rotatable bonds is 3. The highest BCUT2D eigenvalue weighted by Crippen LogP contribution is 2.20. The lowest BCUT2D eigenvalue weighted by Gasteiger charge is -2.04. The molecule has 0 radical (unpaired) electrons. The van der Waals surface area contributed by atoms with E-state index in [0.29, 0.717) is 22.9 Å². The summed E-state index contributed by atoms with van der Waals surface area (Å²) in [7, 11) is 0. The molecule has 110 valence electrons. The number of aromatic hydroxyl groups is 2. The van der Waals surface area contributed by atoms with Crippen LogP contribution in [0, 0.1) is 0 Å². The molecule has 0 aliphatic rings. The first-order valence-corrected chi connectivity index (χ1v) is 6.77. The predicted molar refractivity (Wildman–Crippen MR) is 85.6 cm³/mol. The van der Waals surface area contributed by atoms with Crippen LogP contribution in [0.3, 0.4) is 0 Å². The Morgan fingerprint density at radius 2 is 1.82 bits per heavy atom. The number of aromatic nitrogens is 1. The van der Waals surface area contributed by atoms with Crippen molar-refractivity contribution >= 4 is 17.0 Å². The molecule has 0 fully saturated rings. The van der Waals surface area contributed by atoms with Crippen molar-refractivity contribution < 1.29 is 10.2 Å². The number of hydrogen-bond donors (Lipinski definition) is 3. The van der Waals surface area contributed by atoms with E-state index in [4.69, 9.17) is 0 Å². The Morgan fingerprint density at radius 1 is 1.05 bits per heavy atom. The van der Waals surface area contributed by atoms with Gasteiger partial charge in [-0.3, -0.25) is 14.8 Å². The zero-order valence-corrected chi connectivity index (χ0v) is 11.7. The molecule has 3 rings (SSSR count). The molecule has 0 spiro atoms. The summed E-state index contributed by atoms with van der Waals surface area (Å²) in [5.74, 6) is -0.0200. The largest absolute Gasteiger partial charge is 0.508 e. The van der Waals surface area contributed by atoms with Crippen molar-refractivity contribution in [3.8, 4) is 11.6 Å². The zero-order chi connectivity index (χ0) is 15.5. The molecular weight excluding hydrogens is 280 g/mol. The van der Waals surface area contributed by atoms with Crippen molar-refractivity contribution in [3.63, 3.8) is 0 Å². The number of aliphatic imine (C=N–C) groups is 1. The van der Waals surface area contributed by atoms with Crippen molar-refractivity contribution in [2.24, 2.45) is 4.99 Å². The van der Waals surface area contributed by atoms with E-state index in [1.807, 2.05) is 6.07 Å². The summed E-state index contributed by atoms with van der Waals surface area (Å²) < 4.78 is 0. The van der Waals surface area contributed by atoms with Gasteiger partial charge < -0.3 is 10.2 Å². The van der Waals surface area contributed by atoms with Crippen molar-refractivity contribution in [1.82, 2.24) is 4.98 Å². The Morgan fingerprint density at radius 3 is 2.59 bits per heavy atom. The Labute approximate surface area is 126 Å². The van der Waals surface area contributed by atoms with Crippen LogP contribution in [0.15, 0.2) is 58.3 Å². The van der Waals surface area contributed by atoms with Gasteiger partial charge in [-0.25, -0.2) is 0 Å². The maximum atomic E-state index is 11.8. The summed E-state index contributed by atoms with van der Waals surface area (Å²) in [6.45, 7) is 0.362. The van der Waals surface area contributed by atoms with Crippen LogP contribution in [-0.2, 0) is 6.54 Å². The summed E-state index contributed by atoms with van der Waals surface area (Å²) in [5.41, 5.74) is 0.984. The second kappa shape index (κ2) is 5.73. The minimum absolute atomic E-state index is 0.185. The first-order chi connectivity index (χ1) is 10.6. The van der Waals surface area contributed by atoms with Crippen LogP contribution in [0.4, 0.5) is 0 Å². The number of fused-ring (bicyclic) bond motifs is 1. The zero-order valence-electron chi connectivity index (χ0n) is 11.7. The van der Waals surface area contributed by atoms with Gasteiger partial charge in [0, 0.05) is 17.0 Å². The molecule has 0 atom stereocenters. The van der Waals surface area contributed by atoms with Crippen molar-refractivity contribution in [2.45, 2.75) is 6.54 Å². The lowest BCUT2D eigenvalue weighted by molar-refractivity contribution is 0.452. The molecule has 0 amide bonds.